The maximum absolute atomic E-state index is 12.2. The minimum absolute atomic E-state index is 0. The van der Waals surface area contributed by atoms with Gasteiger partial charge in [-0.1, -0.05) is 6.07 Å². The first kappa shape index (κ1) is 21.9. The molecule has 13 heteroatoms. The molecule has 0 bridgehead atoms. The zero-order chi connectivity index (χ0) is 19.9. The van der Waals surface area contributed by atoms with E-state index in [2.05, 4.69) is 4.84 Å². The van der Waals surface area contributed by atoms with Gasteiger partial charge in [0, 0.05) is 12.2 Å². The predicted octanol–water partition coefficient (Wildman–Crippen LogP) is -4.14. The molecule has 0 aliphatic carbocycles. The van der Waals surface area contributed by atoms with Crippen molar-refractivity contribution in [3.05, 3.63) is 42.0 Å². The summed E-state index contributed by atoms with van der Waals surface area (Å²) in [6, 6.07) is 5.02. The third kappa shape index (κ3) is 4.05. The largest absolute Gasteiger partial charge is 1.00 e. The number of anilines is 1. The molecule has 1 atom stereocenters. The van der Waals surface area contributed by atoms with Crippen LogP contribution in [0.4, 0.5) is 5.69 Å². The summed E-state index contributed by atoms with van der Waals surface area (Å²) < 4.78 is 32.9. The topological polar surface area (TPSA) is 158 Å². The molecule has 0 saturated carbocycles. The molecule has 0 aromatic heterocycles. The number of hydrogen-bond donors (Lipinski definition) is 0. The van der Waals surface area contributed by atoms with Gasteiger partial charge in [0.1, 0.15) is 15.4 Å². The van der Waals surface area contributed by atoms with Crippen LogP contribution >= 0.6 is 0 Å². The zero-order valence-electron chi connectivity index (χ0n) is 14.2. The van der Waals surface area contributed by atoms with E-state index >= 15 is 0 Å². The average Bonchev–Trinajstić information content (AvgIpc) is 3.08. The van der Waals surface area contributed by atoms with Crippen molar-refractivity contribution in [2.24, 2.45) is 0 Å². The summed E-state index contributed by atoms with van der Waals surface area (Å²) in [7, 11) is -5.09. The first-order valence-corrected chi connectivity index (χ1v) is 8.76. The van der Waals surface area contributed by atoms with E-state index in [0.717, 1.165) is 23.1 Å². The van der Waals surface area contributed by atoms with Crippen LogP contribution in [0.5, 0.6) is 0 Å². The molecule has 1 saturated heterocycles. The van der Waals surface area contributed by atoms with Crippen molar-refractivity contribution in [2.75, 3.05) is 4.90 Å². The number of amides is 4. The van der Waals surface area contributed by atoms with Gasteiger partial charge in [0.05, 0.1) is 17.7 Å². The summed E-state index contributed by atoms with van der Waals surface area (Å²) in [4.78, 5) is 64.4. The first-order chi connectivity index (χ1) is 12.6. The number of nitrogens with zero attached hydrogens (tertiary/aromatic N) is 2. The Kier molecular flexibility index (Phi) is 6.21. The molecule has 2 heterocycles. The van der Waals surface area contributed by atoms with Gasteiger partial charge in [-0.2, -0.15) is 0 Å². The fourth-order valence-electron chi connectivity index (χ4n) is 2.47. The molecule has 2 aliphatic rings. The average molecular weight is 416 g/mol. The molecule has 3 rings (SSSR count). The second-order valence-electron chi connectivity index (χ2n) is 5.49. The van der Waals surface area contributed by atoms with Crippen molar-refractivity contribution in [2.45, 2.75) is 11.7 Å². The van der Waals surface area contributed by atoms with E-state index in [-0.39, 0.29) is 45.9 Å². The zero-order valence-corrected chi connectivity index (χ0v) is 17.0. The first-order valence-electron chi connectivity index (χ1n) is 7.29. The van der Waals surface area contributed by atoms with Gasteiger partial charge in [-0.05, 0) is 18.2 Å². The number of rotatable bonds is 4. The molecule has 1 aromatic carbocycles. The van der Waals surface area contributed by atoms with E-state index in [4.69, 9.17) is 0 Å². The van der Waals surface area contributed by atoms with E-state index < -0.39 is 51.4 Å². The third-order valence-electron chi connectivity index (χ3n) is 3.73. The van der Waals surface area contributed by atoms with Gasteiger partial charge in [-0.3, -0.25) is 19.2 Å². The molecule has 0 spiro atoms. The second-order valence-corrected chi connectivity index (χ2v) is 7.04. The van der Waals surface area contributed by atoms with Crippen molar-refractivity contribution in [1.82, 2.24) is 5.06 Å². The number of benzene rings is 1. The van der Waals surface area contributed by atoms with E-state index in [9.17, 15) is 36.9 Å². The Morgan fingerprint density at radius 1 is 1.11 bits per heavy atom. The number of hydroxylamine groups is 2. The smallest absolute Gasteiger partial charge is 0.747 e. The van der Waals surface area contributed by atoms with Crippen LogP contribution in [0.3, 0.4) is 0 Å². The second kappa shape index (κ2) is 7.93. The molecule has 11 nitrogen and oxygen atoms in total. The standard InChI is InChI=1S/C15H10N2O9S.Na/c18-11-4-5-12(19)16(11)9-3-1-2-8(6-9)15(22)26-17-13(20)7-10(14(17)21)27(23,24)25;/h1-6,10H,7H2,(H,23,24,25);/q;+1/p-1. The van der Waals surface area contributed by atoms with Gasteiger partial charge < -0.3 is 9.39 Å². The van der Waals surface area contributed by atoms with Crippen LogP contribution in [-0.2, 0) is 34.1 Å². The Labute approximate surface area is 179 Å². The fourth-order valence-corrected chi connectivity index (χ4v) is 3.16. The minimum atomic E-state index is -5.09. The summed E-state index contributed by atoms with van der Waals surface area (Å²) in [6.45, 7) is 0. The summed E-state index contributed by atoms with van der Waals surface area (Å²) in [5.41, 5.74) is -0.183. The SMILES string of the molecule is O=C(ON1C(=O)CC(S(=O)(=O)[O-])C1=O)c1cccc(N2C(=O)C=CC2=O)c1.[Na+]. The molecule has 0 radical (unpaired) electrons. The molecule has 1 fully saturated rings. The number of hydrogen-bond acceptors (Lipinski definition) is 9. The van der Waals surface area contributed by atoms with Crippen LogP contribution in [-0.4, -0.2) is 52.9 Å². The van der Waals surface area contributed by atoms with Crippen LogP contribution in [0.2, 0.25) is 0 Å². The van der Waals surface area contributed by atoms with E-state index in [1.54, 1.807) is 0 Å². The Bertz CT molecular complexity index is 1020. The summed E-state index contributed by atoms with van der Waals surface area (Å²) in [6.07, 6.45) is 1.15. The van der Waals surface area contributed by atoms with Crippen molar-refractivity contribution < 1.29 is 71.3 Å². The maximum atomic E-state index is 12.2. The summed E-state index contributed by atoms with van der Waals surface area (Å²) >= 11 is 0. The van der Waals surface area contributed by atoms with Crippen LogP contribution in [0.1, 0.15) is 16.8 Å². The molecule has 0 N–H and O–H groups in total. The molecule has 2 aliphatic heterocycles. The van der Waals surface area contributed by atoms with Gasteiger partial charge in [0.25, 0.3) is 23.6 Å². The van der Waals surface area contributed by atoms with Gasteiger partial charge in [0.15, 0.2) is 0 Å². The van der Waals surface area contributed by atoms with Crippen LogP contribution in [0, 0.1) is 0 Å². The fraction of sp³-hybridized carbons (Fsp3) is 0.133. The summed E-state index contributed by atoms with van der Waals surface area (Å²) in [5, 5.41) is -2.24. The molecule has 28 heavy (non-hydrogen) atoms. The van der Waals surface area contributed by atoms with Crippen molar-refractivity contribution in [1.29, 1.82) is 0 Å². The predicted molar refractivity (Wildman–Crippen MR) is 83.4 cm³/mol. The van der Waals surface area contributed by atoms with Crippen LogP contribution < -0.4 is 34.5 Å². The minimum Gasteiger partial charge on any atom is -0.747 e. The van der Waals surface area contributed by atoms with E-state index in [1.807, 2.05) is 0 Å². The van der Waals surface area contributed by atoms with E-state index in [0.29, 0.717) is 0 Å². The molecular formula is C15H9N2NaO9S. The summed E-state index contributed by atoms with van der Waals surface area (Å²) in [5.74, 6) is -5.11. The van der Waals surface area contributed by atoms with Crippen molar-refractivity contribution >= 4 is 45.4 Å². The van der Waals surface area contributed by atoms with Gasteiger partial charge in [-0.15, -0.1) is 5.06 Å². The Morgan fingerprint density at radius 2 is 1.71 bits per heavy atom. The molecule has 4 amide bonds. The number of imide groups is 2. The molecule has 1 aromatic rings. The van der Waals surface area contributed by atoms with Crippen LogP contribution in [0.15, 0.2) is 36.4 Å². The molecule has 140 valence electrons. The van der Waals surface area contributed by atoms with Crippen LogP contribution in [0.25, 0.3) is 0 Å². The maximum Gasteiger partial charge on any atom is 1.00 e. The quantitative estimate of drug-likeness (QED) is 0.270. The monoisotopic (exact) mass is 416 g/mol. The third-order valence-corrected chi connectivity index (χ3v) is 4.80. The van der Waals surface area contributed by atoms with Crippen molar-refractivity contribution in [3.63, 3.8) is 0 Å². The van der Waals surface area contributed by atoms with E-state index in [1.165, 1.54) is 18.2 Å². The Balaban J connectivity index is 0.00000280. The normalized spacial score (nSPS) is 19.2. The van der Waals surface area contributed by atoms with Gasteiger partial charge in [-0.25, -0.2) is 18.1 Å². The van der Waals surface area contributed by atoms with Gasteiger partial charge >= 0.3 is 35.5 Å². The Hall–Kier alpha value is -2.38. The molecule has 1 unspecified atom stereocenters. The number of carbonyl (C=O) groups excluding carboxylic acids is 5. The molecular weight excluding hydrogens is 407 g/mol. The number of carbonyl (C=O) groups is 5. The Morgan fingerprint density at radius 3 is 2.25 bits per heavy atom. The van der Waals surface area contributed by atoms with Crippen molar-refractivity contribution in [3.8, 4) is 0 Å². The van der Waals surface area contributed by atoms with Gasteiger partial charge in [0.2, 0.25) is 0 Å².